The van der Waals surface area contributed by atoms with E-state index in [0.717, 1.165) is 13.1 Å². The lowest BCUT2D eigenvalue weighted by Crippen LogP contribution is -2.38. The summed E-state index contributed by atoms with van der Waals surface area (Å²) in [5.74, 6) is -1.77. The summed E-state index contributed by atoms with van der Waals surface area (Å²) in [4.78, 5) is 27.0. The van der Waals surface area contributed by atoms with E-state index in [2.05, 4.69) is 4.90 Å². The standard InChI is InChI=1S/C14H17FN2O2/c1-3-16(4-2)8-9-17-12-10(13(18)14(17)19)6-5-7-11(12)15/h5-7H,3-4,8-9H2,1-2H3. The van der Waals surface area contributed by atoms with Gasteiger partial charge in [0.05, 0.1) is 11.3 Å². The Morgan fingerprint density at radius 2 is 1.89 bits per heavy atom. The van der Waals surface area contributed by atoms with Crippen LogP contribution < -0.4 is 4.90 Å². The van der Waals surface area contributed by atoms with E-state index >= 15 is 0 Å². The molecule has 1 aliphatic heterocycles. The molecule has 0 spiro atoms. The zero-order valence-electron chi connectivity index (χ0n) is 11.1. The summed E-state index contributed by atoms with van der Waals surface area (Å²) in [7, 11) is 0. The average Bonchev–Trinajstić information content (AvgIpc) is 2.66. The van der Waals surface area contributed by atoms with Gasteiger partial charge in [-0.1, -0.05) is 19.9 Å². The zero-order chi connectivity index (χ0) is 14.0. The number of rotatable bonds is 5. The summed E-state index contributed by atoms with van der Waals surface area (Å²) in [5.41, 5.74) is 0.300. The molecule has 2 rings (SSSR count). The second-order valence-electron chi connectivity index (χ2n) is 4.45. The second kappa shape index (κ2) is 5.48. The molecule has 5 heteroatoms. The van der Waals surface area contributed by atoms with Crippen molar-refractivity contribution in [3.05, 3.63) is 29.6 Å². The molecule has 0 saturated carbocycles. The van der Waals surface area contributed by atoms with Gasteiger partial charge in [-0.05, 0) is 25.2 Å². The van der Waals surface area contributed by atoms with Crippen LogP contribution in [0.5, 0.6) is 0 Å². The number of carbonyl (C=O) groups is 2. The molecule has 0 aromatic heterocycles. The van der Waals surface area contributed by atoms with E-state index in [9.17, 15) is 14.0 Å². The van der Waals surface area contributed by atoms with E-state index in [4.69, 9.17) is 0 Å². The molecule has 0 atom stereocenters. The molecule has 0 radical (unpaired) electrons. The number of halogens is 1. The van der Waals surface area contributed by atoms with Gasteiger partial charge in [0, 0.05) is 13.1 Å². The molecule has 0 saturated heterocycles. The number of hydrogen-bond donors (Lipinski definition) is 0. The van der Waals surface area contributed by atoms with Gasteiger partial charge in [-0.25, -0.2) is 4.39 Å². The van der Waals surface area contributed by atoms with Crippen LogP contribution >= 0.6 is 0 Å². The highest BCUT2D eigenvalue weighted by Crippen LogP contribution is 2.31. The number of hydrogen-bond acceptors (Lipinski definition) is 3. The van der Waals surface area contributed by atoms with Gasteiger partial charge in [0.25, 0.3) is 11.7 Å². The molecule has 1 aromatic rings. The topological polar surface area (TPSA) is 40.6 Å². The first kappa shape index (κ1) is 13.7. The third kappa shape index (κ3) is 2.38. The molecule has 0 N–H and O–H groups in total. The van der Waals surface area contributed by atoms with Crippen molar-refractivity contribution in [2.24, 2.45) is 0 Å². The maximum Gasteiger partial charge on any atom is 0.299 e. The van der Waals surface area contributed by atoms with Crippen LogP contribution in [0.2, 0.25) is 0 Å². The molecule has 102 valence electrons. The number of anilines is 1. The lowest BCUT2D eigenvalue weighted by Gasteiger charge is -2.23. The summed E-state index contributed by atoms with van der Waals surface area (Å²) >= 11 is 0. The van der Waals surface area contributed by atoms with E-state index in [1.165, 1.54) is 23.1 Å². The highest BCUT2D eigenvalue weighted by atomic mass is 19.1. The van der Waals surface area contributed by atoms with Gasteiger partial charge in [0.2, 0.25) is 0 Å². The summed E-state index contributed by atoms with van der Waals surface area (Å²) in [6, 6.07) is 4.22. The van der Waals surface area contributed by atoms with Gasteiger partial charge in [-0.15, -0.1) is 0 Å². The lowest BCUT2D eigenvalue weighted by atomic mass is 10.1. The first-order valence-electron chi connectivity index (χ1n) is 6.47. The fourth-order valence-electron chi connectivity index (χ4n) is 2.31. The van der Waals surface area contributed by atoms with E-state index in [-0.39, 0.29) is 11.3 Å². The third-order valence-electron chi connectivity index (χ3n) is 3.47. The van der Waals surface area contributed by atoms with Crippen LogP contribution in [-0.4, -0.2) is 42.8 Å². The second-order valence-corrected chi connectivity index (χ2v) is 4.45. The van der Waals surface area contributed by atoms with Crippen molar-refractivity contribution in [1.29, 1.82) is 0 Å². The average molecular weight is 264 g/mol. The number of nitrogens with zero attached hydrogens (tertiary/aromatic N) is 2. The number of para-hydroxylation sites is 1. The first-order valence-corrected chi connectivity index (χ1v) is 6.47. The predicted molar refractivity (Wildman–Crippen MR) is 70.9 cm³/mol. The number of likely N-dealkylation sites (N-methyl/N-ethyl adjacent to an activating group) is 1. The highest BCUT2D eigenvalue weighted by Gasteiger charge is 2.37. The Morgan fingerprint density at radius 3 is 2.53 bits per heavy atom. The molecule has 19 heavy (non-hydrogen) atoms. The minimum absolute atomic E-state index is 0.129. The fraction of sp³-hybridized carbons (Fsp3) is 0.429. The number of amides is 1. The SMILES string of the molecule is CCN(CC)CCN1C(=O)C(=O)c2cccc(F)c21. The van der Waals surface area contributed by atoms with Crippen molar-refractivity contribution < 1.29 is 14.0 Å². The van der Waals surface area contributed by atoms with Gasteiger partial charge >= 0.3 is 0 Å². The molecule has 0 unspecified atom stereocenters. The number of Topliss-reactive ketones (excluding diaryl/α,β-unsaturated/α-hetero) is 1. The number of ketones is 1. The van der Waals surface area contributed by atoms with E-state index in [0.29, 0.717) is 13.1 Å². The Hall–Kier alpha value is -1.75. The molecule has 0 fully saturated rings. The van der Waals surface area contributed by atoms with Crippen LogP contribution in [0.1, 0.15) is 24.2 Å². The van der Waals surface area contributed by atoms with Crippen LogP contribution in [0.4, 0.5) is 10.1 Å². The quantitative estimate of drug-likeness (QED) is 0.760. The molecule has 1 aromatic carbocycles. The Morgan fingerprint density at radius 1 is 1.21 bits per heavy atom. The summed E-state index contributed by atoms with van der Waals surface area (Å²) in [6.45, 7) is 6.72. The number of benzene rings is 1. The molecule has 0 aliphatic carbocycles. The van der Waals surface area contributed by atoms with E-state index in [1.807, 2.05) is 13.8 Å². The van der Waals surface area contributed by atoms with Crippen molar-refractivity contribution in [3.63, 3.8) is 0 Å². The van der Waals surface area contributed by atoms with Crippen molar-refractivity contribution in [1.82, 2.24) is 4.90 Å². The smallest absolute Gasteiger partial charge is 0.299 e. The number of fused-ring (bicyclic) bond motifs is 1. The van der Waals surface area contributed by atoms with Crippen LogP contribution in [0.15, 0.2) is 18.2 Å². The van der Waals surface area contributed by atoms with E-state index in [1.54, 1.807) is 0 Å². The van der Waals surface area contributed by atoms with E-state index < -0.39 is 17.5 Å². The Bertz CT molecular complexity index is 512. The zero-order valence-corrected chi connectivity index (χ0v) is 11.1. The van der Waals surface area contributed by atoms with Gasteiger partial charge < -0.3 is 9.80 Å². The summed E-state index contributed by atoms with van der Waals surface area (Å²) < 4.78 is 13.8. The lowest BCUT2D eigenvalue weighted by molar-refractivity contribution is -0.114. The minimum Gasteiger partial charge on any atom is -0.302 e. The molecule has 4 nitrogen and oxygen atoms in total. The van der Waals surface area contributed by atoms with Crippen molar-refractivity contribution >= 4 is 17.4 Å². The molecule has 1 heterocycles. The van der Waals surface area contributed by atoms with Crippen molar-refractivity contribution in [2.75, 3.05) is 31.1 Å². The molecule has 1 aliphatic rings. The monoisotopic (exact) mass is 264 g/mol. The molecular formula is C14H17FN2O2. The maximum absolute atomic E-state index is 13.8. The van der Waals surface area contributed by atoms with Crippen LogP contribution in [0.3, 0.4) is 0 Å². The van der Waals surface area contributed by atoms with Crippen LogP contribution in [0, 0.1) is 5.82 Å². The van der Waals surface area contributed by atoms with Gasteiger partial charge in [-0.2, -0.15) is 0 Å². The van der Waals surface area contributed by atoms with Crippen LogP contribution in [-0.2, 0) is 4.79 Å². The summed E-state index contributed by atoms with van der Waals surface area (Å²) in [6.07, 6.45) is 0. The largest absolute Gasteiger partial charge is 0.302 e. The molecule has 1 amide bonds. The minimum atomic E-state index is -0.632. The molecular weight excluding hydrogens is 247 g/mol. The Balaban J connectivity index is 2.23. The van der Waals surface area contributed by atoms with Gasteiger partial charge in [-0.3, -0.25) is 9.59 Å². The normalized spacial score (nSPS) is 14.4. The Labute approximate surface area is 111 Å². The number of carbonyl (C=O) groups excluding carboxylic acids is 2. The van der Waals surface area contributed by atoms with Gasteiger partial charge in [0.1, 0.15) is 5.82 Å². The predicted octanol–water partition coefficient (Wildman–Crippen LogP) is 1.70. The highest BCUT2D eigenvalue weighted by molar-refractivity contribution is 6.52. The van der Waals surface area contributed by atoms with Crippen molar-refractivity contribution in [3.8, 4) is 0 Å². The van der Waals surface area contributed by atoms with Crippen LogP contribution in [0.25, 0.3) is 0 Å². The summed E-state index contributed by atoms with van der Waals surface area (Å²) in [5, 5.41) is 0. The van der Waals surface area contributed by atoms with Gasteiger partial charge in [0.15, 0.2) is 0 Å². The first-order chi connectivity index (χ1) is 9.10. The maximum atomic E-state index is 13.8. The fourth-order valence-corrected chi connectivity index (χ4v) is 2.31. The third-order valence-corrected chi connectivity index (χ3v) is 3.47. The molecule has 0 bridgehead atoms. The van der Waals surface area contributed by atoms with Crippen molar-refractivity contribution in [2.45, 2.75) is 13.8 Å². The Kier molecular flexibility index (Phi) is 3.95.